The lowest BCUT2D eigenvalue weighted by Gasteiger charge is -2.08. The number of ketones is 1. The molecule has 0 aromatic heterocycles. The van der Waals surface area contributed by atoms with Crippen molar-refractivity contribution in [1.82, 2.24) is 5.32 Å². The van der Waals surface area contributed by atoms with Gasteiger partial charge in [-0.15, -0.1) is 0 Å². The normalized spacial score (nSPS) is 16.9. The van der Waals surface area contributed by atoms with Gasteiger partial charge in [0.15, 0.2) is 0 Å². The molecule has 1 fully saturated rings. The third-order valence-electron chi connectivity index (χ3n) is 3.81. The van der Waals surface area contributed by atoms with Crippen LogP contribution in [0.3, 0.4) is 0 Å². The maximum Gasteiger partial charge on any atom is 0.136 e. The molecule has 114 valence electrons. The van der Waals surface area contributed by atoms with Gasteiger partial charge in [-0.05, 0) is 43.9 Å². The minimum atomic E-state index is 0.315. The van der Waals surface area contributed by atoms with Gasteiger partial charge in [0.25, 0.3) is 0 Å². The van der Waals surface area contributed by atoms with E-state index in [9.17, 15) is 4.79 Å². The Morgan fingerprint density at radius 1 is 1.25 bits per heavy atom. The summed E-state index contributed by atoms with van der Waals surface area (Å²) < 4.78 is 0. The zero-order valence-electron chi connectivity index (χ0n) is 12.3. The van der Waals surface area contributed by atoms with E-state index >= 15 is 0 Å². The van der Waals surface area contributed by atoms with Crippen molar-refractivity contribution in [2.24, 2.45) is 11.7 Å². The van der Waals surface area contributed by atoms with E-state index in [0.29, 0.717) is 24.5 Å². The number of nitrogens with two attached hydrogens (primary N) is 1. The van der Waals surface area contributed by atoms with E-state index in [0.717, 1.165) is 44.3 Å². The van der Waals surface area contributed by atoms with Crippen molar-refractivity contribution < 1.29 is 4.79 Å². The zero-order chi connectivity index (χ0) is 14.6. The molecule has 0 aromatic rings. The monoisotopic (exact) mass is 296 g/mol. The van der Waals surface area contributed by atoms with Crippen LogP contribution in [0.25, 0.3) is 0 Å². The molecule has 1 saturated carbocycles. The quantitative estimate of drug-likeness (QED) is 0.427. The molecular weight excluding hydrogens is 268 g/mol. The second-order valence-electron chi connectivity index (χ2n) is 5.50. The predicted octanol–water partition coefficient (Wildman–Crippen LogP) is 3.53. The molecule has 0 aromatic carbocycles. The number of nitrogens with one attached hydrogen (secondary N) is 1. The number of unbranched alkanes of at least 4 members (excludes halogenated alkanes) is 2. The summed E-state index contributed by atoms with van der Waals surface area (Å²) in [5.41, 5.74) is 6.69. The Morgan fingerprint density at radius 2 is 2.00 bits per heavy atom. The van der Waals surface area contributed by atoms with E-state index < -0.39 is 0 Å². The summed E-state index contributed by atoms with van der Waals surface area (Å²) in [6.45, 7) is 0.928. The van der Waals surface area contributed by atoms with Crippen LogP contribution in [0.15, 0.2) is 23.4 Å². The molecule has 0 aliphatic heterocycles. The van der Waals surface area contributed by atoms with Crippen LogP contribution in [0.2, 0.25) is 0 Å². The highest BCUT2D eigenvalue weighted by molar-refractivity contribution is 7.83. The Hall–Kier alpha value is -0.900. The molecule has 0 heterocycles. The minimum absolute atomic E-state index is 0.315. The SMILES string of the molecule is N/C(=C\NCCCC/C=C/S)CCC(=O)C1CCCC1. The van der Waals surface area contributed by atoms with Gasteiger partial charge < -0.3 is 11.1 Å². The lowest BCUT2D eigenvalue weighted by Crippen LogP contribution is -2.14. The second-order valence-corrected chi connectivity index (χ2v) is 5.80. The molecule has 0 atom stereocenters. The lowest BCUT2D eigenvalue weighted by molar-refractivity contribution is -0.122. The summed E-state index contributed by atoms with van der Waals surface area (Å²) in [6, 6.07) is 0. The molecule has 0 unspecified atom stereocenters. The van der Waals surface area contributed by atoms with Crippen LogP contribution in [0, 0.1) is 5.92 Å². The number of hydrogen-bond donors (Lipinski definition) is 3. The van der Waals surface area contributed by atoms with Crippen molar-refractivity contribution in [3.05, 3.63) is 23.4 Å². The first-order chi connectivity index (χ1) is 9.74. The molecule has 1 aliphatic carbocycles. The van der Waals surface area contributed by atoms with Crippen LogP contribution >= 0.6 is 12.6 Å². The van der Waals surface area contributed by atoms with Crippen LogP contribution in [0.1, 0.15) is 57.8 Å². The van der Waals surface area contributed by atoms with Gasteiger partial charge in [-0.25, -0.2) is 0 Å². The van der Waals surface area contributed by atoms with Crippen LogP contribution in [0.5, 0.6) is 0 Å². The van der Waals surface area contributed by atoms with E-state index in [1.54, 1.807) is 5.41 Å². The summed E-state index contributed by atoms with van der Waals surface area (Å²) in [4.78, 5) is 11.9. The largest absolute Gasteiger partial charge is 0.401 e. The van der Waals surface area contributed by atoms with Crippen molar-refractivity contribution in [1.29, 1.82) is 0 Å². The van der Waals surface area contributed by atoms with Crippen LogP contribution in [-0.4, -0.2) is 12.3 Å². The number of Topliss-reactive ketones (excluding diaryl/α,β-unsaturated/α-hetero) is 1. The maximum absolute atomic E-state index is 11.9. The summed E-state index contributed by atoms with van der Waals surface area (Å²) >= 11 is 4.01. The Kier molecular flexibility index (Phi) is 9.29. The molecule has 0 bridgehead atoms. The van der Waals surface area contributed by atoms with Crippen LogP contribution < -0.4 is 11.1 Å². The third-order valence-corrected chi connectivity index (χ3v) is 4.02. The van der Waals surface area contributed by atoms with Gasteiger partial charge >= 0.3 is 0 Å². The van der Waals surface area contributed by atoms with Crippen LogP contribution in [-0.2, 0) is 4.79 Å². The van der Waals surface area contributed by atoms with E-state index in [4.69, 9.17) is 5.73 Å². The first-order valence-electron chi connectivity index (χ1n) is 7.74. The minimum Gasteiger partial charge on any atom is -0.401 e. The average Bonchev–Trinajstić information content (AvgIpc) is 2.98. The fourth-order valence-corrected chi connectivity index (χ4v) is 2.71. The Labute approximate surface area is 128 Å². The van der Waals surface area contributed by atoms with Crippen molar-refractivity contribution in [2.45, 2.75) is 57.8 Å². The number of carbonyl (C=O) groups excluding carboxylic acids is 1. The second kappa shape index (κ2) is 10.8. The molecule has 3 N–H and O–H groups in total. The average molecular weight is 296 g/mol. The highest BCUT2D eigenvalue weighted by atomic mass is 32.1. The molecule has 4 heteroatoms. The fraction of sp³-hybridized carbons (Fsp3) is 0.688. The summed E-state index contributed by atoms with van der Waals surface area (Å²) in [5, 5.41) is 5.00. The van der Waals surface area contributed by atoms with Crippen molar-refractivity contribution >= 4 is 18.4 Å². The highest BCUT2D eigenvalue weighted by Crippen LogP contribution is 2.26. The van der Waals surface area contributed by atoms with Gasteiger partial charge in [-0.1, -0.05) is 18.9 Å². The predicted molar refractivity (Wildman–Crippen MR) is 88.4 cm³/mol. The van der Waals surface area contributed by atoms with E-state index in [1.165, 1.54) is 12.8 Å². The van der Waals surface area contributed by atoms with Crippen molar-refractivity contribution in [2.75, 3.05) is 6.54 Å². The van der Waals surface area contributed by atoms with Gasteiger partial charge in [-0.3, -0.25) is 4.79 Å². The van der Waals surface area contributed by atoms with Gasteiger partial charge in [0.1, 0.15) is 5.78 Å². The van der Waals surface area contributed by atoms with Gasteiger partial charge in [-0.2, -0.15) is 12.6 Å². The molecule has 0 radical (unpaired) electrons. The first-order valence-corrected chi connectivity index (χ1v) is 8.25. The van der Waals surface area contributed by atoms with Crippen molar-refractivity contribution in [3.63, 3.8) is 0 Å². The summed E-state index contributed by atoms with van der Waals surface area (Å²) in [6.07, 6.45) is 13.1. The van der Waals surface area contributed by atoms with E-state index in [2.05, 4.69) is 24.0 Å². The topological polar surface area (TPSA) is 55.1 Å². The highest BCUT2D eigenvalue weighted by Gasteiger charge is 2.21. The first kappa shape index (κ1) is 17.2. The molecule has 1 aliphatic rings. The summed E-state index contributed by atoms with van der Waals surface area (Å²) in [7, 11) is 0. The number of hydrogen-bond acceptors (Lipinski definition) is 4. The van der Waals surface area contributed by atoms with Crippen LogP contribution in [0.4, 0.5) is 0 Å². The Bertz CT molecular complexity index is 333. The molecule has 0 saturated heterocycles. The van der Waals surface area contributed by atoms with Gasteiger partial charge in [0.2, 0.25) is 0 Å². The molecule has 0 amide bonds. The maximum atomic E-state index is 11.9. The van der Waals surface area contributed by atoms with Crippen molar-refractivity contribution in [3.8, 4) is 0 Å². The molecule has 20 heavy (non-hydrogen) atoms. The molecule has 0 spiro atoms. The Morgan fingerprint density at radius 3 is 2.70 bits per heavy atom. The molecule has 1 rings (SSSR count). The standard InChI is InChI=1S/C16H28N2OS/c17-15(13-18-11-5-1-2-6-12-20)9-10-16(19)14-7-3-4-8-14/h6,12-14,18,20H,1-5,7-11,17H2/b12-6+,15-13-. The Balaban J connectivity index is 2.04. The van der Waals surface area contributed by atoms with E-state index in [-0.39, 0.29) is 0 Å². The third kappa shape index (κ3) is 7.63. The molecule has 3 nitrogen and oxygen atoms in total. The number of rotatable bonds is 10. The fourth-order valence-electron chi connectivity index (χ4n) is 2.56. The molecular formula is C16H28N2OS. The zero-order valence-corrected chi connectivity index (χ0v) is 13.2. The summed E-state index contributed by atoms with van der Waals surface area (Å²) in [5.74, 6) is 0.716. The van der Waals surface area contributed by atoms with E-state index in [1.807, 2.05) is 6.20 Å². The smallest absolute Gasteiger partial charge is 0.136 e. The van der Waals surface area contributed by atoms with Gasteiger partial charge in [0, 0.05) is 30.8 Å². The van der Waals surface area contributed by atoms with Gasteiger partial charge in [0.05, 0.1) is 0 Å². The lowest BCUT2D eigenvalue weighted by atomic mass is 9.98. The number of carbonyl (C=O) groups is 1. The number of thiol groups is 1. The number of allylic oxidation sites excluding steroid dienone is 2.